The molecule has 4 atom stereocenters. The minimum absolute atomic E-state index is 0.129. The fourth-order valence-corrected chi connectivity index (χ4v) is 4.58. The molecule has 1 aromatic rings. The Morgan fingerprint density at radius 3 is 2.30 bits per heavy atom. The van der Waals surface area contributed by atoms with Crippen molar-refractivity contribution >= 4 is 9.84 Å². The Hall–Kier alpha value is -0.990. The molecule has 0 aromatic heterocycles. The molecule has 1 fully saturated rings. The van der Waals surface area contributed by atoms with Crippen molar-refractivity contribution in [3.63, 3.8) is 0 Å². The molecule has 1 aliphatic heterocycles. The number of hydrogen-bond donors (Lipinski definition) is 1. The zero-order valence-corrected chi connectivity index (χ0v) is 14.6. The predicted octanol–water partition coefficient (Wildman–Crippen LogP) is 1.44. The van der Waals surface area contributed by atoms with Crippen LogP contribution in [0.5, 0.6) is 0 Å². The lowest BCUT2D eigenvalue weighted by molar-refractivity contribution is -0.245. The van der Waals surface area contributed by atoms with Crippen LogP contribution in [0, 0.1) is 11.8 Å². The Morgan fingerprint density at radius 2 is 1.78 bits per heavy atom. The second-order valence-corrected chi connectivity index (χ2v) is 7.98. The standard InChI is InChI=1S/C16H24O6S/c1-11-12(2)16(17,22-14(11)15(20-3)21-4)10-23(18,19)13-8-6-5-7-9-13/h5-9,11-12,14-15,17H,10H2,1-4H3. The zero-order chi connectivity index (χ0) is 17.3. The van der Waals surface area contributed by atoms with E-state index in [0.29, 0.717) is 0 Å². The summed E-state index contributed by atoms with van der Waals surface area (Å²) >= 11 is 0. The van der Waals surface area contributed by atoms with Gasteiger partial charge in [-0.05, 0) is 18.1 Å². The van der Waals surface area contributed by atoms with Crippen LogP contribution in [0.15, 0.2) is 35.2 Å². The van der Waals surface area contributed by atoms with Gasteiger partial charge in [-0.3, -0.25) is 0 Å². The van der Waals surface area contributed by atoms with Crippen LogP contribution in [0.4, 0.5) is 0 Å². The fourth-order valence-electron chi connectivity index (χ4n) is 2.96. The molecule has 4 unspecified atom stereocenters. The molecule has 0 aliphatic carbocycles. The summed E-state index contributed by atoms with van der Waals surface area (Å²) in [6.45, 7) is 3.65. The predicted molar refractivity (Wildman–Crippen MR) is 84.5 cm³/mol. The maximum absolute atomic E-state index is 12.6. The van der Waals surface area contributed by atoms with Gasteiger partial charge in [0.25, 0.3) is 0 Å². The van der Waals surface area contributed by atoms with Gasteiger partial charge in [0.2, 0.25) is 0 Å². The molecule has 0 amide bonds. The van der Waals surface area contributed by atoms with Gasteiger partial charge >= 0.3 is 0 Å². The van der Waals surface area contributed by atoms with Crippen LogP contribution in [0.1, 0.15) is 13.8 Å². The summed E-state index contributed by atoms with van der Waals surface area (Å²) < 4.78 is 41.2. The first kappa shape index (κ1) is 18.4. The molecule has 130 valence electrons. The van der Waals surface area contributed by atoms with E-state index in [-0.39, 0.29) is 10.8 Å². The van der Waals surface area contributed by atoms with Crippen LogP contribution in [0.25, 0.3) is 0 Å². The van der Waals surface area contributed by atoms with E-state index in [2.05, 4.69) is 0 Å². The number of benzene rings is 1. The normalized spacial score (nSPS) is 31.7. The topological polar surface area (TPSA) is 82.1 Å². The number of ether oxygens (including phenoxy) is 3. The molecular formula is C16H24O6S. The van der Waals surface area contributed by atoms with Crippen LogP contribution in [0.3, 0.4) is 0 Å². The van der Waals surface area contributed by atoms with Crippen molar-refractivity contribution in [2.45, 2.75) is 36.9 Å². The number of sulfone groups is 1. The SMILES string of the molecule is COC(OC)C1OC(O)(CS(=O)(=O)c2ccccc2)C(C)C1C. The van der Waals surface area contributed by atoms with E-state index in [0.717, 1.165) is 0 Å². The van der Waals surface area contributed by atoms with Gasteiger partial charge < -0.3 is 19.3 Å². The van der Waals surface area contributed by atoms with Gasteiger partial charge in [-0.2, -0.15) is 0 Å². The van der Waals surface area contributed by atoms with Crippen molar-refractivity contribution in [1.82, 2.24) is 0 Å². The van der Waals surface area contributed by atoms with E-state index < -0.39 is 39.7 Å². The van der Waals surface area contributed by atoms with Crippen LogP contribution in [-0.4, -0.2) is 51.7 Å². The Bertz CT molecular complexity index is 613. The van der Waals surface area contributed by atoms with Crippen molar-refractivity contribution in [1.29, 1.82) is 0 Å². The van der Waals surface area contributed by atoms with Crippen molar-refractivity contribution in [3.05, 3.63) is 30.3 Å². The molecule has 0 radical (unpaired) electrons. The Morgan fingerprint density at radius 1 is 1.22 bits per heavy atom. The van der Waals surface area contributed by atoms with Crippen molar-refractivity contribution in [2.24, 2.45) is 11.8 Å². The lowest BCUT2D eigenvalue weighted by Gasteiger charge is -2.28. The summed E-state index contributed by atoms with van der Waals surface area (Å²) in [5, 5.41) is 10.8. The van der Waals surface area contributed by atoms with Gasteiger partial charge in [0.15, 0.2) is 21.9 Å². The highest BCUT2D eigenvalue weighted by atomic mass is 32.2. The number of hydrogen-bond acceptors (Lipinski definition) is 6. The van der Waals surface area contributed by atoms with Gasteiger partial charge in [0.05, 0.1) is 4.90 Å². The number of methoxy groups -OCH3 is 2. The van der Waals surface area contributed by atoms with E-state index >= 15 is 0 Å². The quantitative estimate of drug-likeness (QED) is 0.787. The number of aliphatic hydroxyl groups is 1. The highest BCUT2D eigenvalue weighted by Gasteiger charge is 2.54. The van der Waals surface area contributed by atoms with E-state index in [4.69, 9.17) is 14.2 Å². The van der Waals surface area contributed by atoms with Crippen LogP contribution >= 0.6 is 0 Å². The molecule has 0 spiro atoms. The highest BCUT2D eigenvalue weighted by molar-refractivity contribution is 7.91. The zero-order valence-electron chi connectivity index (χ0n) is 13.8. The van der Waals surface area contributed by atoms with E-state index in [1.165, 1.54) is 26.4 Å². The van der Waals surface area contributed by atoms with E-state index in [1.807, 2.05) is 6.92 Å². The molecule has 23 heavy (non-hydrogen) atoms. The molecule has 0 bridgehead atoms. The molecule has 1 heterocycles. The van der Waals surface area contributed by atoms with Gasteiger partial charge in [-0.25, -0.2) is 8.42 Å². The van der Waals surface area contributed by atoms with Gasteiger partial charge in [0, 0.05) is 20.1 Å². The average Bonchev–Trinajstić information content (AvgIpc) is 2.74. The Kier molecular flexibility index (Phi) is 5.48. The largest absolute Gasteiger partial charge is 0.364 e. The van der Waals surface area contributed by atoms with Crippen molar-refractivity contribution in [2.75, 3.05) is 20.0 Å². The minimum atomic E-state index is -3.68. The molecule has 1 aliphatic rings. The third-order valence-electron chi connectivity index (χ3n) is 4.59. The smallest absolute Gasteiger partial charge is 0.183 e. The first-order valence-electron chi connectivity index (χ1n) is 7.49. The fraction of sp³-hybridized carbons (Fsp3) is 0.625. The van der Waals surface area contributed by atoms with E-state index in [9.17, 15) is 13.5 Å². The molecule has 1 saturated heterocycles. The lowest BCUT2D eigenvalue weighted by atomic mass is 9.88. The summed E-state index contributed by atoms with van der Waals surface area (Å²) in [5.74, 6) is -2.81. The molecule has 2 rings (SSSR count). The van der Waals surface area contributed by atoms with E-state index in [1.54, 1.807) is 25.1 Å². The Balaban J connectivity index is 2.25. The molecule has 0 saturated carbocycles. The molecular weight excluding hydrogens is 320 g/mol. The van der Waals surface area contributed by atoms with Crippen LogP contribution < -0.4 is 0 Å². The van der Waals surface area contributed by atoms with Gasteiger partial charge in [0.1, 0.15) is 11.9 Å². The minimum Gasteiger partial charge on any atom is -0.364 e. The monoisotopic (exact) mass is 344 g/mol. The summed E-state index contributed by atoms with van der Waals surface area (Å²) in [5.41, 5.74) is 0. The molecule has 6 nitrogen and oxygen atoms in total. The van der Waals surface area contributed by atoms with Gasteiger partial charge in [-0.1, -0.05) is 32.0 Å². The highest BCUT2D eigenvalue weighted by Crippen LogP contribution is 2.42. The van der Waals surface area contributed by atoms with Gasteiger partial charge in [-0.15, -0.1) is 0 Å². The maximum Gasteiger partial charge on any atom is 0.183 e. The molecule has 1 N–H and O–H groups in total. The van der Waals surface area contributed by atoms with Crippen molar-refractivity contribution in [3.8, 4) is 0 Å². The van der Waals surface area contributed by atoms with Crippen molar-refractivity contribution < 1.29 is 27.7 Å². The third kappa shape index (κ3) is 3.59. The number of rotatable bonds is 6. The Labute approximate surface area is 137 Å². The molecule has 1 aromatic carbocycles. The lowest BCUT2D eigenvalue weighted by Crippen LogP contribution is -2.43. The second-order valence-electron chi connectivity index (χ2n) is 5.99. The van der Waals surface area contributed by atoms with Crippen LogP contribution in [0.2, 0.25) is 0 Å². The summed E-state index contributed by atoms with van der Waals surface area (Å²) in [6, 6.07) is 8.04. The van der Waals surface area contributed by atoms with Crippen LogP contribution in [-0.2, 0) is 24.0 Å². The molecule has 7 heteroatoms. The summed E-state index contributed by atoms with van der Waals surface area (Å²) in [6.07, 6.45) is -1.21. The second kappa shape index (κ2) is 6.86. The third-order valence-corrected chi connectivity index (χ3v) is 6.37. The summed E-state index contributed by atoms with van der Waals surface area (Å²) in [7, 11) is -0.719. The first-order valence-corrected chi connectivity index (χ1v) is 9.14. The maximum atomic E-state index is 12.6. The first-order chi connectivity index (χ1) is 10.7. The average molecular weight is 344 g/mol. The summed E-state index contributed by atoms with van der Waals surface area (Å²) in [4.78, 5) is 0.162.